The molecule has 6 N–H and O–H groups in total. The number of hydrogen-bond acceptors (Lipinski definition) is 13. The molecule has 0 spiro atoms. The summed E-state index contributed by atoms with van der Waals surface area (Å²) in [5.41, 5.74) is 10.6. The van der Waals surface area contributed by atoms with Crippen LogP contribution in [0.25, 0.3) is 0 Å². The van der Waals surface area contributed by atoms with Gasteiger partial charge in [-0.2, -0.15) is 15.5 Å². The molecule has 0 bridgehead atoms. The normalized spacial score (nSPS) is 19.3. The Labute approximate surface area is 183 Å². The minimum absolute atomic E-state index is 0.391. The van der Waals surface area contributed by atoms with Gasteiger partial charge in [0.2, 0.25) is 0 Å². The van der Waals surface area contributed by atoms with E-state index in [0.717, 1.165) is 54.4 Å². The Hall–Kier alpha value is -2.26. The van der Waals surface area contributed by atoms with Crippen molar-refractivity contribution in [1.82, 2.24) is 52.0 Å². The molecule has 3 rings (SSSR count). The number of hydrogen-bond donors (Lipinski definition) is 6. The van der Waals surface area contributed by atoms with Crippen molar-refractivity contribution in [2.45, 2.75) is 40.0 Å². The zero-order valence-electron chi connectivity index (χ0n) is 18.6. The minimum Gasteiger partial charge on any atom is -0.294 e. The summed E-state index contributed by atoms with van der Waals surface area (Å²) < 4.78 is 0. The molecule has 0 atom stereocenters. The zero-order valence-corrected chi connectivity index (χ0v) is 18.6. The minimum atomic E-state index is 0.391. The first-order valence-electron chi connectivity index (χ1n) is 10.8. The second kappa shape index (κ2) is 10.9. The van der Waals surface area contributed by atoms with Crippen molar-refractivity contribution in [2.75, 3.05) is 39.3 Å². The van der Waals surface area contributed by atoms with Gasteiger partial charge in [-0.05, 0) is 19.3 Å². The van der Waals surface area contributed by atoms with Crippen molar-refractivity contribution in [3.63, 3.8) is 0 Å². The van der Waals surface area contributed by atoms with E-state index in [-0.39, 0.29) is 0 Å². The monoisotopic (exact) mass is 440 g/mol. The summed E-state index contributed by atoms with van der Waals surface area (Å²) in [4.78, 5) is 2.02. The largest absolute Gasteiger partial charge is 0.294 e. The van der Waals surface area contributed by atoms with Gasteiger partial charge < -0.3 is 0 Å². The van der Waals surface area contributed by atoms with Gasteiger partial charge in [-0.3, -0.25) is 35.5 Å². The van der Waals surface area contributed by atoms with E-state index in [4.69, 9.17) is 0 Å². The number of nitrogens with zero attached hydrogens (tertiary/aromatic N) is 7. The third-order valence-electron chi connectivity index (χ3n) is 4.95. The van der Waals surface area contributed by atoms with Crippen molar-refractivity contribution in [1.29, 1.82) is 0 Å². The zero-order chi connectivity index (χ0) is 22.4. The van der Waals surface area contributed by atoms with Gasteiger partial charge in [0.05, 0.1) is 17.1 Å². The highest BCUT2D eigenvalue weighted by molar-refractivity contribution is 5.11. The van der Waals surface area contributed by atoms with E-state index in [1.54, 1.807) is 0 Å². The molecule has 13 heteroatoms. The Bertz CT molecular complexity index is 597. The molecule has 0 saturated carbocycles. The van der Waals surface area contributed by atoms with Gasteiger partial charge >= 0.3 is 0 Å². The Balaban J connectivity index is 1.73. The fourth-order valence-corrected chi connectivity index (χ4v) is 3.59. The standard InChI is InChI=1S/C18H36N10O3/c1-4-7-23-13-16(26(29)19-23)10-22(11-17-14-24(8-5-2)20-27(17)30)12-18-15-25(9-6-3)21-28(18)31/h13-15,19-21,29-31H,4-12H2,1-3H3. The van der Waals surface area contributed by atoms with Crippen LogP contribution in [0.3, 0.4) is 0 Å². The first kappa shape index (κ1) is 23.4. The van der Waals surface area contributed by atoms with Crippen molar-refractivity contribution in [2.24, 2.45) is 0 Å². The van der Waals surface area contributed by atoms with Crippen LogP contribution < -0.4 is 16.6 Å². The molecule has 0 amide bonds. The highest BCUT2D eigenvalue weighted by atomic mass is 16.6. The summed E-state index contributed by atoms with van der Waals surface area (Å²) in [6.45, 7) is 9.65. The van der Waals surface area contributed by atoms with Crippen LogP contribution in [0.4, 0.5) is 0 Å². The van der Waals surface area contributed by atoms with Crippen LogP contribution >= 0.6 is 0 Å². The number of nitrogens with one attached hydrogen (secondary N) is 3. The molecule has 13 nitrogen and oxygen atoms in total. The van der Waals surface area contributed by atoms with E-state index in [1.807, 2.05) is 38.5 Å². The third kappa shape index (κ3) is 6.13. The van der Waals surface area contributed by atoms with Gasteiger partial charge in [-0.15, -0.1) is 16.6 Å². The van der Waals surface area contributed by atoms with E-state index in [0.29, 0.717) is 36.7 Å². The van der Waals surface area contributed by atoms with Crippen molar-refractivity contribution < 1.29 is 15.6 Å². The predicted molar refractivity (Wildman–Crippen MR) is 112 cm³/mol. The lowest BCUT2D eigenvalue weighted by Crippen LogP contribution is -2.44. The molecule has 3 aliphatic rings. The third-order valence-corrected chi connectivity index (χ3v) is 4.95. The van der Waals surface area contributed by atoms with E-state index < -0.39 is 0 Å². The maximum Gasteiger partial charge on any atom is 0.0927 e. The Kier molecular flexibility index (Phi) is 8.20. The summed E-state index contributed by atoms with van der Waals surface area (Å²) in [6.07, 6.45) is 8.39. The summed E-state index contributed by atoms with van der Waals surface area (Å²) in [5.74, 6) is 0. The molecule has 3 heterocycles. The van der Waals surface area contributed by atoms with E-state index in [9.17, 15) is 15.6 Å². The van der Waals surface area contributed by atoms with Gasteiger partial charge in [0.25, 0.3) is 0 Å². The second-order valence-electron chi connectivity index (χ2n) is 7.82. The molecule has 0 aromatic carbocycles. The number of hydroxylamine groups is 3. The van der Waals surface area contributed by atoms with Gasteiger partial charge in [0.15, 0.2) is 0 Å². The van der Waals surface area contributed by atoms with Crippen LogP contribution in [-0.2, 0) is 0 Å². The smallest absolute Gasteiger partial charge is 0.0927 e. The number of rotatable bonds is 12. The molecule has 0 saturated heterocycles. The van der Waals surface area contributed by atoms with E-state index in [1.165, 1.54) is 0 Å². The van der Waals surface area contributed by atoms with Crippen LogP contribution in [0, 0.1) is 0 Å². The number of hydrazine groups is 6. The second-order valence-corrected chi connectivity index (χ2v) is 7.82. The highest BCUT2D eigenvalue weighted by Gasteiger charge is 2.28. The van der Waals surface area contributed by atoms with Crippen molar-refractivity contribution >= 4 is 0 Å². The topological polar surface area (TPSA) is 119 Å². The maximum atomic E-state index is 10.3. The van der Waals surface area contributed by atoms with Gasteiger partial charge in [0, 0.05) is 57.9 Å². The maximum absolute atomic E-state index is 10.3. The first-order valence-corrected chi connectivity index (χ1v) is 10.8. The van der Waals surface area contributed by atoms with Crippen molar-refractivity contribution in [3.8, 4) is 0 Å². The van der Waals surface area contributed by atoms with Crippen LogP contribution in [0.2, 0.25) is 0 Å². The summed E-state index contributed by atoms with van der Waals surface area (Å²) in [6, 6.07) is 0. The molecule has 0 aromatic rings. The van der Waals surface area contributed by atoms with Gasteiger partial charge in [-0.25, -0.2) is 0 Å². The predicted octanol–water partition coefficient (Wildman–Crippen LogP) is 0.322. The lowest BCUT2D eigenvalue weighted by molar-refractivity contribution is -0.140. The Morgan fingerprint density at radius 1 is 0.613 bits per heavy atom. The molecule has 0 fully saturated rings. The molecule has 0 radical (unpaired) electrons. The summed E-state index contributed by atoms with van der Waals surface area (Å²) in [5, 5.41) is 39.3. The van der Waals surface area contributed by atoms with Crippen molar-refractivity contribution in [3.05, 3.63) is 35.7 Å². The molecule has 0 unspecified atom stereocenters. The fourth-order valence-electron chi connectivity index (χ4n) is 3.59. The van der Waals surface area contributed by atoms with Crippen LogP contribution in [-0.4, -0.2) is 90.3 Å². The van der Waals surface area contributed by atoms with Crippen LogP contribution in [0.15, 0.2) is 35.7 Å². The molecular weight excluding hydrogens is 404 g/mol. The molecule has 176 valence electrons. The lowest BCUT2D eigenvalue weighted by atomic mass is 10.3. The Morgan fingerprint density at radius 2 is 0.903 bits per heavy atom. The van der Waals surface area contributed by atoms with Gasteiger partial charge in [0.1, 0.15) is 0 Å². The summed E-state index contributed by atoms with van der Waals surface area (Å²) in [7, 11) is 0. The lowest BCUT2D eigenvalue weighted by Gasteiger charge is -2.27. The van der Waals surface area contributed by atoms with Gasteiger partial charge in [-0.1, -0.05) is 20.8 Å². The molecular formula is C18H36N10O3. The molecule has 3 aliphatic heterocycles. The SMILES string of the molecule is CCCN1C=C(CN(CC2=CN(CCC)NN2O)CC2=CN(CCC)NN2O)N(O)N1. The Morgan fingerprint density at radius 3 is 1.16 bits per heavy atom. The average molecular weight is 441 g/mol. The van der Waals surface area contributed by atoms with Crippen LogP contribution in [0.5, 0.6) is 0 Å². The van der Waals surface area contributed by atoms with E-state index in [2.05, 4.69) is 37.4 Å². The van der Waals surface area contributed by atoms with Crippen LogP contribution in [0.1, 0.15) is 40.0 Å². The molecule has 0 aliphatic carbocycles. The van der Waals surface area contributed by atoms with E-state index >= 15 is 0 Å². The quantitative estimate of drug-likeness (QED) is 0.250. The first-order chi connectivity index (χ1) is 14.9. The summed E-state index contributed by atoms with van der Waals surface area (Å²) >= 11 is 0. The highest BCUT2D eigenvalue weighted by Crippen LogP contribution is 2.18. The molecule has 31 heavy (non-hydrogen) atoms. The average Bonchev–Trinajstić information content (AvgIpc) is 3.34. The fraction of sp³-hybridized carbons (Fsp3) is 0.667. The molecule has 0 aromatic heterocycles.